The van der Waals surface area contributed by atoms with Gasteiger partial charge in [0.2, 0.25) is 0 Å². The summed E-state index contributed by atoms with van der Waals surface area (Å²) in [5.74, 6) is 1.28. The van der Waals surface area contributed by atoms with E-state index in [2.05, 4.69) is 17.6 Å². The molecule has 136 valence electrons. The number of hydrogen-bond acceptors (Lipinski definition) is 2. The Morgan fingerprint density at radius 2 is 2.04 bits per heavy atom. The van der Waals surface area contributed by atoms with Crippen LogP contribution < -0.4 is 10.6 Å². The fourth-order valence-electron chi connectivity index (χ4n) is 5.13. The molecule has 3 atom stereocenters. The number of nitrogens with one attached hydrogen (secondary N) is 2. The van der Waals surface area contributed by atoms with Gasteiger partial charge in [-0.05, 0) is 43.9 Å². The summed E-state index contributed by atoms with van der Waals surface area (Å²) in [4.78, 5) is 4.74. The van der Waals surface area contributed by atoms with Gasteiger partial charge in [-0.1, -0.05) is 25.0 Å². The van der Waals surface area contributed by atoms with Crippen molar-refractivity contribution in [3.05, 3.63) is 35.6 Å². The quantitative estimate of drug-likeness (QED) is 0.650. The maximum Gasteiger partial charge on any atom is 0.191 e. The molecule has 5 heteroatoms. The number of rotatable bonds is 4. The van der Waals surface area contributed by atoms with Crippen LogP contribution in [0.15, 0.2) is 29.3 Å². The molecule has 0 radical (unpaired) electrons. The van der Waals surface area contributed by atoms with Crippen LogP contribution in [0.4, 0.5) is 4.39 Å². The topological polar surface area (TPSA) is 45.7 Å². The van der Waals surface area contributed by atoms with Crippen molar-refractivity contribution >= 4 is 5.96 Å². The van der Waals surface area contributed by atoms with E-state index in [0.717, 1.165) is 31.1 Å². The van der Waals surface area contributed by atoms with Gasteiger partial charge in [-0.3, -0.25) is 0 Å². The Morgan fingerprint density at radius 3 is 2.76 bits per heavy atom. The number of benzene rings is 1. The van der Waals surface area contributed by atoms with Crippen LogP contribution in [0, 0.1) is 17.2 Å². The first-order valence-corrected chi connectivity index (χ1v) is 9.64. The normalized spacial score (nSPS) is 30.2. The van der Waals surface area contributed by atoms with Gasteiger partial charge >= 0.3 is 0 Å². The fourth-order valence-corrected chi connectivity index (χ4v) is 5.13. The Hall–Kier alpha value is -1.62. The number of hydrogen-bond donors (Lipinski definition) is 2. The number of fused-ring (bicyclic) bond motifs is 2. The van der Waals surface area contributed by atoms with Crippen molar-refractivity contribution in [1.82, 2.24) is 10.6 Å². The van der Waals surface area contributed by atoms with Gasteiger partial charge in [0.05, 0.1) is 12.6 Å². The lowest BCUT2D eigenvalue weighted by atomic mass is 9.54. The van der Waals surface area contributed by atoms with E-state index in [1.54, 1.807) is 12.1 Å². The SMILES string of the molecule is CCNC(=NCc1ccc(F)cc1)NC1C2CCOC2C12CCCC2. The molecular formula is C20H28FN3O. The second-order valence-electron chi connectivity index (χ2n) is 7.63. The standard InChI is InChI=1S/C20H28FN3O/c1-2-22-19(23-13-14-5-7-15(21)8-6-14)24-17-16-9-12-25-18(16)20(17)10-3-4-11-20/h5-8,16-18H,2-4,9-13H2,1H3,(H2,22,23,24). The number of ether oxygens (including phenoxy) is 1. The molecule has 1 aliphatic heterocycles. The first kappa shape index (κ1) is 16.8. The van der Waals surface area contributed by atoms with E-state index in [-0.39, 0.29) is 5.82 Å². The molecule has 3 unspecified atom stereocenters. The van der Waals surface area contributed by atoms with Crippen LogP contribution in [0.3, 0.4) is 0 Å². The van der Waals surface area contributed by atoms with Gasteiger partial charge in [0.15, 0.2) is 5.96 Å². The molecule has 2 aliphatic carbocycles. The number of halogens is 1. The van der Waals surface area contributed by atoms with Crippen LogP contribution in [0.25, 0.3) is 0 Å². The molecule has 3 fully saturated rings. The summed E-state index contributed by atoms with van der Waals surface area (Å²) in [6.45, 7) is 4.38. The average Bonchev–Trinajstić information content (AvgIpc) is 3.27. The van der Waals surface area contributed by atoms with Crippen molar-refractivity contribution in [3.8, 4) is 0 Å². The van der Waals surface area contributed by atoms with E-state index >= 15 is 0 Å². The van der Waals surface area contributed by atoms with Crippen LogP contribution in [0.5, 0.6) is 0 Å². The lowest BCUT2D eigenvalue weighted by Crippen LogP contribution is -2.69. The molecule has 1 heterocycles. The minimum atomic E-state index is -0.206. The largest absolute Gasteiger partial charge is 0.377 e. The van der Waals surface area contributed by atoms with Crippen LogP contribution in [0.1, 0.15) is 44.6 Å². The fraction of sp³-hybridized carbons (Fsp3) is 0.650. The molecule has 1 spiro atoms. The smallest absolute Gasteiger partial charge is 0.191 e. The molecule has 0 bridgehead atoms. The van der Waals surface area contributed by atoms with E-state index in [4.69, 9.17) is 9.73 Å². The minimum Gasteiger partial charge on any atom is -0.377 e. The molecule has 4 nitrogen and oxygen atoms in total. The Kier molecular flexibility index (Phi) is 4.67. The summed E-state index contributed by atoms with van der Waals surface area (Å²) in [5, 5.41) is 7.10. The molecular weight excluding hydrogens is 317 g/mol. The second kappa shape index (κ2) is 6.94. The summed E-state index contributed by atoms with van der Waals surface area (Å²) >= 11 is 0. The maximum atomic E-state index is 13.1. The van der Waals surface area contributed by atoms with E-state index in [1.165, 1.54) is 37.8 Å². The molecule has 2 N–H and O–H groups in total. The van der Waals surface area contributed by atoms with Crippen LogP contribution in [0.2, 0.25) is 0 Å². The third-order valence-electron chi connectivity index (χ3n) is 6.26. The third-order valence-corrected chi connectivity index (χ3v) is 6.26. The lowest BCUT2D eigenvalue weighted by molar-refractivity contribution is -0.125. The highest BCUT2D eigenvalue weighted by atomic mass is 19.1. The van der Waals surface area contributed by atoms with Gasteiger partial charge in [0, 0.05) is 30.5 Å². The van der Waals surface area contributed by atoms with Crippen molar-refractivity contribution < 1.29 is 9.13 Å². The summed E-state index contributed by atoms with van der Waals surface area (Å²) in [6.07, 6.45) is 6.77. The molecule has 1 aromatic rings. The zero-order valence-electron chi connectivity index (χ0n) is 14.9. The Morgan fingerprint density at radius 1 is 1.28 bits per heavy atom. The predicted molar refractivity (Wildman–Crippen MR) is 96.9 cm³/mol. The molecule has 1 saturated heterocycles. The molecule has 1 aromatic carbocycles. The van der Waals surface area contributed by atoms with Crippen molar-refractivity contribution in [2.45, 2.75) is 57.7 Å². The van der Waals surface area contributed by atoms with Gasteiger partial charge < -0.3 is 15.4 Å². The van der Waals surface area contributed by atoms with E-state index in [0.29, 0.717) is 30.0 Å². The lowest BCUT2D eigenvalue weighted by Gasteiger charge is -2.57. The Labute approximate surface area is 149 Å². The van der Waals surface area contributed by atoms with Crippen molar-refractivity contribution in [2.24, 2.45) is 16.3 Å². The minimum absolute atomic E-state index is 0.206. The number of aliphatic imine (C=N–C) groups is 1. The Balaban J connectivity index is 1.47. The first-order chi connectivity index (χ1) is 12.2. The van der Waals surface area contributed by atoms with Gasteiger partial charge in [0.25, 0.3) is 0 Å². The highest BCUT2D eigenvalue weighted by Crippen LogP contribution is 2.60. The van der Waals surface area contributed by atoms with Crippen LogP contribution >= 0.6 is 0 Å². The third kappa shape index (κ3) is 3.03. The number of nitrogens with zero attached hydrogens (tertiary/aromatic N) is 1. The van der Waals surface area contributed by atoms with E-state index < -0.39 is 0 Å². The highest BCUT2D eigenvalue weighted by Gasteiger charge is 2.65. The van der Waals surface area contributed by atoms with Gasteiger partial charge in [0.1, 0.15) is 5.82 Å². The van der Waals surface area contributed by atoms with Crippen molar-refractivity contribution in [3.63, 3.8) is 0 Å². The van der Waals surface area contributed by atoms with Crippen molar-refractivity contribution in [1.29, 1.82) is 0 Å². The zero-order chi connectivity index (χ0) is 17.3. The first-order valence-electron chi connectivity index (χ1n) is 9.64. The second-order valence-corrected chi connectivity index (χ2v) is 7.63. The molecule has 0 aromatic heterocycles. The van der Waals surface area contributed by atoms with Crippen LogP contribution in [-0.2, 0) is 11.3 Å². The molecule has 4 rings (SSSR count). The monoisotopic (exact) mass is 345 g/mol. The van der Waals surface area contributed by atoms with Crippen LogP contribution in [-0.4, -0.2) is 31.3 Å². The van der Waals surface area contributed by atoms with Gasteiger partial charge in [-0.15, -0.1) is 0 Å². The summed E-state index contributed by atoms with van der Waals surface area (Å²) in [7, 11) is 0. The average molecular weight is 345 g/mol. The van der Waals surface area contributed by atoms with Crippen molar-refractivity contribution in [2.75, 3.05) is 13.2 Å². The summed E-state index contributed by atoms with van der Waals surface area (Å²) in [5.41, 5.74) is 1.33. The van der Waals surface area contributed by atoms with Gasteiger partial charge in [-0.25, -0.2) is 9.38 Å². The summed E-state index contributed by atoms with van der Waals surface area (Å²) < 4.78 is 19.1. The Bertz CT molecular complexity index is 624. The predicted octanol–water partition coefficient (Wildman–Crippen LogP) is 3.23. The maximum absolute atomic E-state index is 13.1. The highest BCUT2D eigenvalue weighted by molar-refractivity contribution is 5.80. The molecule has 2 saturated carbocycles. The number of guanidine groups is 1. The molecule has 3 aliphatic rings. The van der Waals surface area contributed by atoms with E-state index in [1.807, 2.05) is 0 Å². The zero-order valence-corrected chi connectivity index (χ0v) is 14.9. The summed E-state index contributed by atoms with van der Waals surface area (Å²) in [6, 6.07) is 7.04. The molecule has 25 heavy (non-hydrogen) atoms. The van der Waals surface area contributed by atoms with E-state index in [9.17, 15) is 4.39 Å². The molecule has 0 amide bonds. The van der Waals surface area contributed by atoms with Gasteiger partial charge in [-0.2, -0.15) is 0 Å².